The minimum Gasteiger partial charge on any atom is -0.361 e. The van der Waals surface area contributed by atoms with E-state index in [2.05, 4.69) is 10.5 Å². The smallest absolute Gasteiger partial charge is 0.236 e. The summed E-state index contributed by atoms with van der Waals surface area (Å²) in [4.78, 5) is 11.0. The Bertz CT molecular complexity index is 293. The molecule has 0 spiro atoms. The van der Waals surface area contributed by atoms with Gasteiger partial charge in [0.25, 0.3) is 0 Å². The number of nitrogens with zero attached hydrogens (tertiary/aromatic N) is 1. The van der Waals surface area contributed by atoms with Crippen LogP contribution in [0.5, 0.6) is 0 Å². The summed E-state index contributed by atoms with van der Waals surface area (Å²) in [5, 5.41) is 6.34. The van der Waals surface area contributed by atoms with Gasteiger partial charge in [0.15, 0.2) is 0 Å². The molecule has 72 valence electrons. The molecule has 0 aliphatic rings. The summed E-state index contributed by atoms with van der Waals surface area (Å²) < 4.78 is 4.82. The van der Waals surface area contributed by atoms with Crippen LogP contribution in [-0.4, -0.2) is 17.1 Å². The molecule has 0 saturated carbocycles. The molecule has 5 nitrogen and oxygen atoms in total. The number of aryl methyl sites for hydroxylation is 1. The number of nitrogens with one attached hydrogen (secondary N) is 1. The molecule has 0 unspecified atom stereocenters. The third-order valence-corrected chi connectivity index (χ3v) is 1.53. The average Bonchev–Trinajstić information content (AvgIpc) is 2.47. The standard InChI is InChI=1S/C8H13N3O2/c1-5-3-7(11-13-5)4-10-8(12)6(2)9/h3,6H,4,9H2,1-2H3,(H,10,12)/t6-/m1/s1. The van der Waals surface area contributed by atoms with E-state index in [0.29, 0.717) is 12.2 Å². The van der Waals surface area contributed by atoms with Crippen molar-refractivity contribution in [3.63, 3.8) is 0 Å². The first-order valence-electron chi connectivity index (χ1n) is 4.05. The quantitative estimate of drug-likeness (QED) is 0.688. The van der Waals surface area contributed by atoms with Crippen LogP contribution in [0, 0.1) is 6.92 Å². The molecule has 0 aliphatic carbocycles. The Balaban J connectivity index is 2.39. The number of rotatable bonds is 3. The van der Waals surface area contributed by atoms with Gasteiger partial charge in [-0.1, -0.05) is 5.16 Å². The second kappa shape index (κ2) is 4.04. The van der Waals surface area contributed by atoms with E-state index < -0.39 is 6.04 Å². The first-order chi connectivity index (χ1) is 6.09. The lowest BCUT2D eigenvalue weighted by molar-refractivity contribution is -0.122. The van der Waals surface area contributed by atoms with Crippen molar-refractivity contribution < 1.29 is 9.32 Å². The molecule has 0 saturated heterocycles. The van der Waals surface area contributed by atoms with Gasteiger partial charge in [-0.3, -0.25) is 4.79 Å². The zero-order valence-electron chi connectivity index (χ0n) is 7.70. The number of carbonyl (C=O) groups excluding carboxylic acids is 1. The topological polar surface area (TPSA) is 81.2 Å². The van der Waals surface area contributed by atoms with Crippen LogP contribution in [0.25, 0.3) is 0 Å². The Morgan fingerprint density at radius 2 is 2.54 bits per heavy atom. The molecule has 13 heavy (non-hydrogen) atoms. The van der Waals surface area contributed by atoms with Crippen molar-refractivity contribution in [3.05, 3.63) is 17.5 Å². The zero-order chi connectivity index (χ0) is 9.84. The molecule has 0 fully saturated rings. The lowest BCUT2D eigenvalue weighted by atomic mass is 10.3. The molecule has 0 bridgehead atoms. The van der Waals surface area contributed by atoms with Crippen LogP contribution in [0.2, 0.25) is 0 Å². The van der Waals surface area contributed by atoms with Gasteiger partial charge in [-0.2, -0.15) is 0 Å². The van der Waals surface area contributed by atoms with Crippen molar-refractivity contribution in [2.45, 2.75) is 26.4 Å². The number of hydrogen-bond donors (Lipinski definition) is 2. The summed E-state index contributed by atoms with van der Waals surface area (Å²) in [6.07, 6.45) is 0. The molecule has 1 aromatic rings. The van der Waals surface area contributed by atoms with Gasteiger partial charge in [0.05, 0.1) is 12.6 Å². The van der Waals surface area contributed by atoms with Crippen LogP contribution in [0.3, 0.4) is 0 Å². The van der Waals surface area contributed by atoms with Crippen LogP contribution in [0.4, 0.5) is 0 Å². The minimum absolute atomic E-state index is 0.194. The third-order valence-electron chi connectivity index (χ3n) is 1.53. The second-order valence-corrected chi connectivity index (χ2v) is 2.94. The highest BCUT2D eigenvalue weighted by molar-refractivity contribution is 5.80. The number of amides is 1. The number of carbonyl (C=O) groups is 1. The second-order valence-electron chi connectivity index (χ2n) is 2.94. The molecule has 0 radical (unpaired) electrons. The van der Waals surface area contributed by atoms with E-state index in [1.807, 2.05) is 0 Å². The molecule has 0 aromatic carbocycles. The van der Waals surface area contributed by atoms with Crippen LogP contribution < -0.4 is 11.1 Å². The number of hydrogen-bond acceptors (Lipinski definition) is 4. The van der Waals surface area contributed by atoms with Gasteiger partial charge >= 0.3 is 0 Å². The summed E-state index contributed by atoms with van der Waals surface area (Å²) in [7, 11) is 0. The van der Waals surface area contributed by atoms with Crippen molar-refractivity contribution in [2.24, 2.45) is 5.73 Å². The zero-order valence-corrected chi connectivity index (χ0v) is 7.70. The first kappa shape index (κ1) is 9.73. The molecule has 1 aromatic heterocycles. The van der Waals surface area contributed by atoms with Gasteiger partial charge in [-0.15, -0.1) is 0 Å². The Hall–Kier alpha value is -1.36. The van der Waals surface area contributed by atoms with Gasteiger partial charge < -0.3 is 15.6 Å². The SMILES string of the molecule is Cc1cc(CNC(=O)[C@@H](C)N)no1. The minimum atomic E-state index is -0.493. The molecular formula is C8H13N3O2. The first-order valence-corrected chi connectivity index (χ1v) is 4.05. The van der Waals surface area contributed by atoms with Crippen molar-refractivity contribution in [3.8, 4) is 0 Å². The lowest BCUT2D eigenvalue weighted by Crippen LogP contribution is -2.37. The van der Waals surface area contributed by atoms with Gasteiger partial charge in [-0.25, -0.2) is 0 Å². The van der Waals surface area contributed by atoms with E-state index >= 15 is 0 Å². The highest BCUT2D eigenvalue weighted by Crippen LogP contribution is 2.00. The van der Waals surface area contributed by atoms with Gasteiger partial charge in [0, 0.05) is 6.07 Å². The van der Waals surface area contributed by atoms with Crippen molar-refractivity contribution in [1.29, 1.82) is 0 Å². The summed E-state index contributed by atoms with van der Waals surface area (Å²) >= 11 is 0. The summed E-state index contributed by atoms with van der Waals surface area (Å²) in [5.41, 5.74) is 6.05. The summed E-state index contributed by atoms with van der Waals surface area (Å²) in [6, 6.07) is 1.27. The van der Waals surface area contributed by atoms with E-state index in [9.17, 15) is 4.79 Å². The molecular weight excluding hydrogens is 170 g/mol. The van der Waals surface area contributed by atoms with Crippen LogP contribution in [-0.2, 0) is 11.3 Å². The Morgan fingerprint density at radius 3 is 3.00 bits per heavy atom. The summed E-state index contributed by atoms with van der Waals surface area (Å²) in [5.74, 6) is 0.533. The molecule has 1 amide bonds. The van der Waals surface area contributed by atoms with Gasteiger partial charge in [0.2, 0.25) is 5.91 Å². The predicted octanol–water partition coefficient (Wildman–Crippen LogP) is -0.0536. The van der Waals surface area contributed by atoms with E-state index in [0.717, 1.165) is 5.76 Å². The molecule has 3 N–H and O–H groups in total. The van der Waals surface area contributed by atoms with Crippen molar-refractivity contribution in [2.75, 3.05) is 0 Å². The number of aromatic nitrogens is 1. The molecule has 1 heterocycles. The maximum atomic E-state index is 11.0. The highest BCUT2D eigenvalue weighted by Gasteiger charge is 2.07. The third kappa shape index (κ3) is 2.87. The maximum Gasteiger partial charge on any atom is 0.236 e. The predicted molar refractivity (Wildman–Crippen MR) is 46.7 cm³/mol. The Morgan fingerprint density at radius 1 is 1.85 bits per heavy atom. The fraction of sp³-hybridized carbons (Fsp3) is 0.500. The normalized spacial score (nSPS) is 12.5. The Kier molecular flexibility index (Phi) is 3.02. The molecule has 5 heteroatoms. The van der Waals surface area contributed by atoms with Crippen LogP contribution >= 0.6 is 0 Å². The van der Waals surface area contributed by atoms with Gasteiger partial charge in [-0.05, 0) is 13.8 Å². The molecule has 0 aliphatic heterocycles. The Labute approximate surface area is 76.3 Å². The van der Waals surface area contributed by atoms with E-state index in [1.54, 1.807) is 19.9 Å². The monoisotopic (exact) mass is 183 g/mol. The van der Waals surface area contributed by atoms with Crippen molar-refractivity contribution >= 4 is 5.91 Å². The van der Waals surface area contributed by atoms with E-state index in [-0.39, 0.29) is 5.91 Å². The maximum absolute atomic E-state index is 11.0. The number of nitrogens with two attached hydrogens (primary N) is 1. The molecule has 1 rings (SSSR count). The van der Waals surface area contributed by atoms with Gasteiger partial charge in [0.1, 0.15) is 11.5 Å². The largest absolute Gasteiger partial charge is 0.361 e. The van der Waals surface area contributed by atoms with E-state index in [4.69, 9.17) is 10.3 Å². The average molecular weight is 183 g/mol. The fourth-order valence-electron chi connectivity index (χ4n) is 0.840. The van der Waals surface area contributed by atoms with Crippen LogP contribution in [0.1, 0.15) is 18.4 Å². The molecule has 1 atom stereocenters. The highest BCUT2D eigenvalue weighted by atomic mass is 16.5. The van der Waals surface area contributed by atoms with Crippen LogP contribution in [0.15, 0.2) is 10.6 Å². The lowest BCUT2D eigenvalue weighted by Gasteiger charge is -2.04. The van der Waals surface area contributed by atoms with Crippen molar-refractivity contribution in [1.82, 2.24) is 10.5 Å². The summed E-state index contributed by atoms with van der Waals surface area (Å²) in [6.45, 7) is 3.78. The van der Waals surface area contributed by atoms with E-state index in [1.165, 1.54) is 0 Å². The fourth-order valence-corrected chi connectivity index (χ4v) is 0.840.